The summed E-state index contributed by atoms with van der Waals surface area (Å²) < 4.78 is 0. The number of carbonyl (C=O) groups excluding carboxylic acids is 3. The van der Waals surface area contributed by atoms with Crippen molar-refractivity contribution in [2.45, 2.75) is 25.7 Å². The van der Waals surface area contributed by atoms with Crippen molar-refractivity contribution in [3.8, 4) is 10.6 Å². The van der Waals surface area contributed by atoms with Crippen LogP contribution in [-0.2, 0) is 9.59 Å². The van der Waals surface area contributed by atoms with Crippen molar-refractivity contribution in [2.75, 3.05) is 29.4 Å². The van der Waals surface area contributed by atoms with E-state index in [9.17, 15) is 14.4 Å². The highest BCUT2D eigenvalue weighted by Crippen LogP contribution is 2.29. The molecular weight excluding hydrogens is 448 g/mol. The van der Waals surface area contributed by atoms with Crippen molar-refractivity contribution in [2.24, 2.45) is 5.92 Å². The maximum Gasteiger partial charge on any atom is 0.261 e. The molecule has 4 heterocycles. The van der Waals surface area contributed by atoms with Gasteiger partial charge in [0, 0.05) is 56.0 Å². The number of hydrogen-bond acceptors (Lipinski definition) is 5. The van der Waals surface area contributed by atoms with E-state index >= 15 is 0 Å². The summed E-state index contributed by atoms with van der Waals surface area (Å²) in [6.45, 7) is 1.75. The number of amides is 3. The zero-order valence-corrected chi connectivity index (χ0v) is 19.6. The number of hydrogen-bond donors (Lipinski definition) is 1. The van der Waals surface area contributed by atoms with Crippen LogP contribution >= 0.6 is 11.3 Å². The Labute approximate surface area is 202 Å². The van der Waals surface area contributed by atoms with E-state index in [1.807, 2.05) is 59.5 Å². The number of rotatable bonds is 6. The smallest absolute Gasteiger partial charge is 0.261 e. The second-order valence-electron chi connectivity index (χ2n) is 8.68. The third-order valence-corrected chi connectivity index (χ3v) is 7.41. The zero-order chi connectivity index (χ0) is 23.5. The molecule has 2 aliphatic rings. The van der Waals surface area contributed by atoms with Crippen LogP contribution in [0.3, 0.4) is 0 Å². The van der Waals surface area contributed by atoms with Crippen molar-refractivity contribution in [3.63, 3.8) is 0 Å². The number of benzene rings is 1. The first kappa shape index (κ1) is 22.3. The van der Waals surface area contributed by atoms with Crippen molar-refractivity contribution in [3.05, 3.63) is 65.7 Å². The molecule has 8 heteroatoms. The molecule has 0 spiro atoms. The fraction of sp³-hybridized carbons (Fsp3) is 0.308. The van der Waals surface area contributed by atoms with Crippen molar-refractivity contribution >= 4 is 40.4 Å². The van der Waals surface area contributed by atoms with Crippen LogP contribution in [0.2, 0.25) is 0 Å². The Morgan fingerprint density at radius 2 is 1.76 bits per heavy atom. The van der Waals surface area contributed by atoms with Gasteiger partial charge in [-0.1, -0.05) is 6.07 Å². The van der Waals surface area contributed by atoms with Crippen molar-refractivity contribution in [1.29, 1.82) is 0 Å². The summed E-state index contributed by atoms with van der Waals surface area (Å²) in [4.78, 5) is 46.9. The molecule has 2 saturated heterocycles. The van der Waals surface area contributed by atoms with Crippen LogP contribution in [-0.4, -0.2) is 42.3 Å². The van der Waals surface area contributed by atoms with Crippen LogP contribution in [0.25, 0.3) is 10.6 Å². The van der Waals surface area contributed by atoms with E-state index in [0.717, 1.165) is 41.3 Å². The second-order valence-corrected chi connectivity index (χ2v) is 9.77. The van der Waals surface area contributed by atoms with Gasteiger partial charge in [-0.15, -0.1) is 11.3 Å². The quantitative estimate of drug-likeness (QED) is 0.583. The number of nitrogens with zero attached hydrogens (tertiary/aromatic N) is 3. The van der Waals surface area contributed by atoms with Crippen LogP contribution in [0.5, 0.6) is 0 Å². The molecule has 2 aromatic heterocycles. The number of piperidine rings is 1. The summed E-state index contributed by atoms with van der Waals surface area (Å²) in [6, 6.07) is 17.1. The normalized spacial score (nSPS) is 18.4. The van der Waals surface area contributed by atoms with Gasteiger partial charge in [0.05, 0.1) is 15.4 Å². The Kier molecular flexibility index (Phi) is 6.40. The fourth-order valence-corrected chi connectivity index (χ4v) is 5.39. The molecule has 0 bridgehead atoms. The van der Waals surface area contributed by atoms with Crippen LogP contribution in [0, 0.1) is 5.92 Å². The van der Waals surface area contributed by atoms with E-state index < -0.39 is 0 Å². The summed E-state index contributed by atoms with van der Waals surface area (Å²) >= 11 is 1.41. The van der Waals surface area contributed by atoms with Gasteiger partial charge in [0.15, 0.2) is 0 Å². The van der Waals surface area contributed by atoms with Crippen LogP contribution in [0.1, 0.15) is 35.4 Å². The number of anilines is 2. The summed E-state index contributed by atoms with van der Waals surface area (Å²) in [6.07, 6.45) is 4.69. The number of thiophene rings is 1. The Morgan fingerprint density at radius 3 is 2.50 bits per heavy atom. The first-order valence-corrected chi connectivity index (χ1v) is 12.4. The first-order valence-electron chi connectivity index (χ1n) is 11.6. The molecule has 34 heavy (non-hydrogen) atoms. The van der Waals surface area contributed by atoms with E-state index in [1.165, 1.54) is 11.3 Å². The zero-order valence-electron chi connectivity index (χ0n) is 18.8. The van der Waals surface area contributed by atoms with E-state index in [1.54, 1.807) is 11.1 Å². The minimum atomic E-state index is -0.131. The Morgan fingerprint density at radius 1 is 0.971 bits per heavy atom. The Hall–Kier alpha value is -3.52. The number of aromatic nitrogens is 1. The van der Waals surface area contributed by atoms with Gasteiger partial charge < -0.3 is 15.1 Å². The average molecular weight is 475 g/mol. The molecule has 5 rings (SSSR count). The van der Waals surface area contributed by atoms with Crippen molar-refractivity contribution < 1.29 is 14.4 Å². The van der Waals surface area contributed by atoms with E-state index in [2.05, 4.69) is 10.3 Å². The molecule has 3 amide bonds. The highest BCUT2D eigenvalue weighted by atomic mass is 32.1. The van der Waals surface area contributed by atoms with Gasteiger partial charge in [-0.3, -0.25) is 19.4 Å². The topological polar surface area (TPSA) is 82.6 Å². The van der Waals surface area contributed by atoms with Gasteiger partial charge in [-0.05, 0) is 61.4 Å². The van der Waals surface area contributed by atoms with Gasteiger partial charge in [-0.25, -0.2) is 0 Å². The van der Waals surface area contributed by atoms with Crippen LogP contribution < -0.4 is 15.1 Å². The molecule has 0 radical (unpaired) electrons. The Balaban J connectivity index is 1.17. The highest BCUT2D eigenvalue weighted by Gasteiger charge is 2.31. The minimum Gasteiger partial charge on any atom is -0.351 e. The molecule has 3 aromatic rings. The second kappa shape index (κ2) is 9.77. The summed E-state index contributed by atoms with van der Waals surface area (Å²) in [5, 5.41) is 2.98. The standard InChI is InChI=1S/C26H26N4O3S/c31-24-6-2-4-14-29(24)19-7-9-20(10-8-19)30-17-18(15-25(30)32)16-28-26(33)23-12-11-22(34-23)21-5-1-3-13-27-21/h1,3,5,7-13,18H,2,4,6,14-17H2,(H,28,33). The lowest BCUT2D eigenvalue weighted by molar-refractivity contribution is -0.119. The summed E-state index contributed by atoms with van der Waals surface area (Å²) in [5.74, 6) is 0.128. The first-order chi connectivity index (χ1) is 16.6. The van der Waals surface area contributed by atoms with E-state index in [4.69, 9.17) is 0 Å². The number of nitrogens with one attached hydrogen (secondary N) is 1. The van der Waals surface area contributed by atoms with E-state index in [0.29, 0.717) is 30.8 Å². The minimum absolute atomic E-state index is 0.0506. The third-order valence-electron chi connectivity index (χ3n) is 6.30. The lowest BCUT2D eigenvalue weighted by atomic mass is 10.1. The van der Waals surface area contributed by atoms with Gasteiger partial charge in [0.1, 0.15) is 0 Å². The molecule has 2 aliphatic heterocycles. The lowest BCUT2D eigenvalue weighted by Gasteiger charge is -2.27. The monoisotopic (exact) mass is 474 g/mol. The number of carbonyl (C=O) groups is 3. The van der Waals surface area contributed by atoms with Gasteiger partial charge >= 0.3 is 0 Å². The maximum absolute atomic E-state index is 12.6. The number of pyridine rings is 1. The molecule has 174 valence electrons. The van der Waals surface area contributed by atoms with Gasteiger partial charge in [-0.2, -0.15) is 0 Å². The van der Waals surface area contributed by atoms with Crippen LogP contribution in [0.4, 0.5) is 11.4 Å². The van der Waals surface area contributed by atoms with Crippen LogP contribution in [0.15, 0.2) is 60.8 Å². The Bertz CT molecular complexity index is 1190. The predicted molar refractivity (Wildman–Crippen MR) is 133 cm³/mol. The molecule has 1 aromatic carbocycles. The van der Waals surface area contributed by atoms with Gasteiger partial charge in [0.25, 0.3) is 5.91 Å². The lowest BCUT2D eigenvalue weighted by Crippen LogP contribution is -2.35. The molecule has 1 unspecified atom stereocenters. The molecule has 0 saturated carbocycles. The maximum atomic E-state index is 12.6. The molecule has 7 nitrogen and oxygen atoms in total. The van der Waals surface area contributed by atoms with Crippen molar-refractivity contribution in [1.82, 2.24) is 10.3 Å². The fourth-order valence-electron chi connectivity index (χ4n) is 4.49. The SMILES string of the molecule is O=C(NCC1CC(=O)N(c2ccc(N3CCCCC3=O)cc2)C1)c1ccc(-c2ccccn2)s1. The van der Waals surface area contributed by atoms with Gasteiger partial charge in [0.2, 0.25) is 11.8 Å². The molecule has 0 aliphatic carbocycles. The van der Waals surface area contributed by atoms with E-state index in [-0.39, 0.29) is 23.6 Å². The third kappa shape index (κ3) is 4.72. The largest absolute Gasteiger partial charge is 0.351 e. The molecule has 1 atom stereocenters. The average Bonchev–Trinajstić information content (AvgIpc) is 3.51. The predicted octanol–water partition coefficient (Wildman–Crippen LogP) is 4.11. The molecule has 2 fully saturated rings. The summed E-state index contributed by atoms with van der Waals surface area (Å²) in [5.41, 5.74) is 2.55. The molecule has 1 N–H and O–H groups in total. The summed E-state index contributed by atoms with van der Waals surface area (Å²) in [7, 11) is 0. The highest BCUT2D eigenvalue weighted by molar-refractivity contribution is 7.17. The molecular formula is C26H26N4O3S.